The Morgan fingerprint density at radius 3 is 3.15 bits per heavy atom. The second-order valence-corrected chi connectivity index (χ2v) is 5.20. The number of para-hydroxylation sites is 1. The minimum atomic E-state index is -0.00381. The molecule has 0 aliphatic carbocycles. The first kappa shape index (κ1) is 11.7. The van der Waals surface area contributed by atoms with Gasteiger partial charge in [0, 0.05) is 17.7 Å². The van der Waals surface area contributed by atoms with Gasteiger partial charge >= 0.3 is 0 Å². The molecule has 0 spiro atoms. The van der Waals surface area contributed by atoms with E-state index in [0.717, 1.165) is 35.5 Å². The summed E-state index contributed by atoms with van der Waals surface area (Å²) in [6.45, 7) is 2.04. The van der Waals surface area contributed by atoms with Gasteiger partial charge in [0.2, 0.25) is 0 Å². The summed E-state index contributed by atoms with van der Waals surface area (Å²) in [5, 5.41) is 3.26. The van der Waals surface area contributed by atoms with Crippen LogP contribution in [0.3, 0.4) is 0 Å². The monoisotopic (exact) mass is 269 g/mol. The topological polar surface area (TPSA) is 67.0 Å². The molecule has 4 rings (SSSR count). The SMILES string of the molecule is O=c1[nH]c(C2COc3ccccc32)nc2c1CCNC2. The van der Waals surface area contributed by atoms with E-state index in [1.165, 1.54) is 0 Å². The van der Waals surface area contributed by atoms with Gasteiger partial charge in [-0.3, -0.25) is 4.79 Å². The van der Waals surface area contributed by atoms with Crippen molar-refractivity contribution in [1.82, 2.24) is 15.3 Å². The van der Waals surface area contributed by atoms with E-state index in [2.05, 4.69) is 15.3 Å². The van der Waals surface area contributed by atoms with Crippen LogP contribution in [0.25, 0.3) is 0 Å². The Morgan fingerprint density at radius 2 is 2.20 bits per heavy atom. The molecule has 2 N–H and O–H groups in total. The standard InChI is InChI=1S/C15H15N3O2/c19-15-10-5-6-16-7-12(10)17-14(18-15)11-8-20-13-4-2-1-3-9(11)13/h1-4,11,16H,5-8H2,(H,17,18,19). The molecule has 102 valence electrons. The van der Waals surface area contributed by atoms with Crippen molar-refractivity contribution in [1.29, 1.82) is 0 Å². The number of aromatic amines is 1. The number of benzene rings is 1. The maximum Gasteiger partial charge on any atom is 0.254 e. The molecule has 0 bridgehead atoms. The molecule has 0 amide bonds. The molecule has 1 aromatic carbocycles. The van der Waals surface area contributed by atoms with Crippen LogP contribution >= 0.6 is 0 Å². The van der Waals surface area contributed by atoms with E-state index in [9.17, 15) is 4.79 Å². The van der Waals surface area contributed by atoms with Gasteiger partial charge in [-0.25, -0.2) is 4.98 Å². The third kappa shape index (κ3) is 1.74. The zero-order chi connectivity index (χ0) is 13.5. The molecule has 0 radical (unpaired) electrons. The number of hydrogen-bond acceptors (Lipinski definition) is 4. The average molecular weight is 269 g/mol. The van der Waals surface area contributed by atoms with Gasteiger partial charge in [-0.05, 0) is 19.0 Å². The van der Waals surface area contributed by atoms with Crippen molar-refractivity contribution in [3.05, 3.63) is 57.3 Å². The zero-order valence-corrected chi connectivity index (χ0v) is 11.0. The summed E-state index contributed by atoms with van der Waals surface area (Å²) in [5.74, 6) is 1.62. The largest absolute Gasteiger partial charge is 0.492 e. The van der Waals surface area contributed by atoms with Gasteiger partial charge in [0.1, 0.15) is 18.2 Å². The Bertz CT molecular complexity index is 723. The first-order valence-electron chi connectivity index (χ1n) is 6.87. The highest BCUT2D eigenvalue weighted by Gasteiger charge is 2.28. The molecule has 3 heterocycles. The van der Waals surface area contributed by atoms with Crippen molar-refractivity contribution in [2.75, 3.05) is 13.2 Å². The molecular weight excluding hydrogens is 254 g/mol. The molecule has 2 aliphatic heterocycles. The highest BCUT2D eigenvalue weighted by Crippen LogP contribution is 2.36. The maximum absolute atomic E-state index is 12.2. The molecule has 5 nitrogen and oxygen atoms in total. The van der Waals surface area contributed by atoms with Crippen LogP contribution in [-0.2, 0) is 13.0 Å². The van der Waals surface area contributed by atoms with Crippen LogP contribution < -0.4 is 15.6 Å². The maximum atomic E-state index is 12.2. The number of nitrogens with one attached hydrogen (secondary N) is 2. The molecule has 0 fully saturated rings. The first-order chi connectivity index (χ1) is 9.83. The third-order valence-corrected chi connectivity index (χ3v) is 3.99. The summed E-state index contributed by atoms with van der Waals surface area (Å²) in [5.41, 5.74) is 2.79. The van der Waals surface area contributed by atoms with Crippen LogP contribution in [0.2, 0.25) is 0 Å². The van der Waals surface area contributed by atoms with Crippen LogP contribution in [0, 0.1) is 0 Å². The predicted molar refractivity (Wildman–Crippen MR) is 74.0 cm³/mol. The summed E-state index contributed by atoms with van der Waals surface area (Å²) in [6.07, 6.45) is 0.746. The number of rotatable bonds is 1. The van der Waals surface area contributed by atoms with Crippen LogP contribution in [0.15, 0.2) is 29.1 Å². The van der Waals surface area contributed by atoms with E-state index >= 15 is 0 Å². The normalized spacial score (nSPS) is 20.1. The minimum Gasteiger partial charge on any atom is -0.492 e. The lowest BCUT2D eigenvalue weighted by Crippen LogP contribution is -2.32. The fourth-order valence-corrected chi connectivity index (χ4v) is 2.94. The number of ether oxygens (including phenoxy) is 1. The summed E-state index contributed by atoms with van der Waals surface area (Å²) < 4.78 is 5.67. The highest BCUT2D eigenvalue weighted by molar-refractivity contribution is 5.43. The number of nitrogens with zero attached hydrogens (tertiary/aromatic N) is 1. The second-order valence-electron chi connectivity index (χ2n) is 5.20. The molecular formula is C15H15N3O2. The molecule has 20 heavy (non-hydrogen) atoms. The van der Waals surface area contributed by atoms with Crippen molar-refractivity contribution in [3.8, 4) is 5.75 Å². The molecule has 1 unspecified atom stereocenters. The third-order valence-electron chi connectivity index (χ3n) is 3.99. The Kier molecular flexibility index (Phi) is 2.60. The minimum absolute atomic E-state index is 0.00381. The van der Waals surface area contributed by atoms with Gasteiger partial charge in [-0.15, -0.1) is 0 Å². The lowest BCUT2D eigenvalue weighted by Gasteiger charge is -2.17. The van der Waals surface area contributed by atoms with Crippen molar-refractivity contribution in [2.45, 2.75) is 18.9 Å². The van der Waals surface area contributed by atoms with Crippen molar-refractivity contribution in [2.24, 2.45) is 0 Å². The number of hydrogen-bond donors (Lipinski definition) is 2. The molecule has 1 atom stereocenters. The lowest BCUT2D eigenvalue weighted by molar-refractivity contribution is 0.339. The second kappa shape index (κ2) is 4.45. The Balaban J connectivity index is 1.81. The fraction of sp³-hybridized carbons (Fsp3) is 0.333. The van der Waals surface area contributed by atoms with Crippen molar-refractivity contribution >= 4 is 0 Å². The van der Waals surface area contributed by atoms with E-state index < -0.39 is 0 Å². The Labute approximate surface area is 116 Å². The number of H-pyrrole nitrogens is 1. The molecule has 2 aromatic rings. The van der Waals surface area contributed by atoms with Gasteiger partial charge in [-0.2, -0.15) is 0 Å². The van der Waals surface area contributed by atoms with Crippen molar-refractivity contribution in [3.63, 3.8) is 0 Å². The van der Waals surface area contributed by atoms with Crippen LogP contribution in [0.1, 0.15) is 28.6 Å². The van der Waals surface area contributed by atoms with E-state index in [1.807, 2.05) is 24.3 Å². The van der Waals surface area contributed by atoms with Crippen molar-refractivity contribution < 1.29 is 4.74 Å². The summed E-state index contributed by atoms with van der Waals surface area (Å²) >= 11 is 0. The summed E-state index contributed by atoms with van der Waals surface area (Å²) in [4.78, 5) is 19.8. The van der Waals surface area contributed by atoms with Crippen LogP contribution in [0.5, 0.6) is 5.75 Å². The summed E-state index contributed by atoms with van der Waals surface area (Å²) in [7, 11) is 0. The van der Waals surface area contributed by atoms with Gasteiger partial charge in [0.25, 0.3) is 5.56 Å². The highest BCUT2D eigenvalue weighted by atomic mass is 16.5. The summed E-state index contributed by atoms with van der Waals surface area (Å²) in [6, 6.07) is 7.92. The molecule has 0 saturated carbocycles. The molecule has 5 heteroatoms. The van der Waals surface area contributed by atoms with Crippen LogP contribution in [0.4, 0.5) is 0 Å². The lowest BCUT2D eigenvalue weighted by atomic mass is 9.99. The average Bonchev–Trinajstić information content (AvgIpc) is 2.91. The zero-order valence-electron chi connectivity index (χ0n) is 11.0. The van der Waals surface area contributed by atoms with Gasteiger partial charge < -0.3 is 15.0 Å². The number of aromatic nitrogens is 2. The van der Waals surface area contributed by atoms with E-state index in [1.54, 1.807) is 0 Å². The fourth-order valence-electron chi connectivity index (χ4n) is 2.94. The Hall–Kier alpha value is -2.14. The quantitative estimate of drug-likeness (QED) is 0.808. The van der Waals surface area contributed by atoms with Gasteiger partial charge in [0.15, 0.2) is 0 Å². The number of fused-ring (bicyclic) bond motifs is 2. The van der Waals surface area contributed by atoms with E-state index in [4.69, 9.17) is 4.74 Å². The van der Waals surface area contributed by atoms with E-state index in [-0.39, 0.29) is 11.5 Å². The Morgan fingerprint density at radius 1 is 1.30 bits per heavy atom. The van der Waals surface area contributed by atoms with E-state index in [0.29, 0.717) is 19.0 Å². The van der Waals surface area contributed by atoms with Crippen LogP contribution in [-0.4, -0.2) is 23.1 Å². The molecule has 1 aromatic heterocycles. The molecule has 0 saturated heterocycles. The van der Waals surface area contributed by atoms with Gasteiger partial charge in [-0.1, -0.05) is 18.2 Å². The molecule has 2 aliphatic rings. The first-order valence-corrected chi connectivity index (χ1v) is 6.87. The van der Waals surface area contributed by atoms with Gasteiger partial charge in [0.05, 0.1) is 11.6 Å². The predicted octanol–water partition coefficient (Wildman–Crippen LogP) is 0.940. The smallest absolute Gasteiger partial charge is 0.254 e.